The third kappa shape index (κ3) is 2.72. The number of hydrogen-bond acceptors (Lipinski definition) is 4. The molecule has 1 aromatic heterocycles. The van der Waals surface area contributed by atoms with Crippen LogP contribution in [-0.4, -0.2) is 18.1 Å². The van der Waals surface area contributed by atoms with Crippen molar-refractivity contribution in [2.45, 2.75) is 25.3 Å². The van der Waals surface area contributed by atoms with E-state index in [4.69, 9.17) is 10.2 Å². The highest BCUT2D eigenvalue weighted by Gasteiger charge is 2.18. The summed E-state index contributed by atoms with van der Waals surface area (Å²) >= 11 is 0. The molecule has 3 rings (SSSR count). The van der Waals surface area contributed by atoms with Crippen molar-refractivity contribution in [2.24, 2.45) is 11.7 Å². The van der Waals surface area contributed by atoms with Gasteiger partial charge in [-0.2, -0.15) is 0 Å². The van der Waals surface area contributed by atoms with E-state index in [0.29, 0.717) is 11.5 Å². The van der Waals surface area contributed by atoms with E-state index in [1.807, 2.05) is 18.2 Å². The van der Waals surface area contributed by atoms with Gasteiger partial charge in [-0.1, -0.05) is 6.07 Å². The average molecular weight is 261 g/mol. The molecule has 5 nitrogen and oxygen atoms in total. The summed E-state index contributed by atoms with van der Waals surface area (Å²) in [7, 11) is 0. The predicted molar refractivity (Wildman–Crippen MR) is 74.0 cm³/mol. The Morgan fingerprint density at radius 3 is 3.16 bits per heavy atom. The van der Waals surface area contributed by atoms with Crippen molar-refractivity contribution in [1.29, 1.82) is 0 Å². The third-order valence-corrected chi connectivity index (χ3v) is 3.86. The van der Waals surface area contributed by atoms with E-state index in [9.17, 15) is 4.79 Å². The normalized spacial score (nSPS) is 21.6. The maximum Gasteiger partial charge on any atom is 0.417 e. The molecule has 102 valence electrons. The fourth-order valence-corrected chi connectivity index (χ4v) is 2.82. The van der Waals surface area contributed by atoms with Gasteiger partial charge in [0.2, 0.25) is 0 Å². The molecule has 1 aliphatic heterocycles. The molecule has 0 aliphatic carbocycles. The van der Waals surface area contributed by atoms with Gasteiger partial charge in [-0.05, 0) is 56.0 Å². The molecule has 2 atom stereocenters. The average Bonchev–Trinajstić information content (AvgIpc) is 2.78. The van der Waals surface area contributed by atoms with Crippen molar-refractivity contribution < 1.29 is 4.42 Å². The number of nitrogens with one attached hydrogen (secondary N) is 2. The predicted octanol–water partition coefficient (Wildman–Crippen LogP) is 1.51. The van der Waals surface area contributed by atoms with Crippen LogP contribution in [0.2, 0.25) is 0 Å². The first-order valence-electron chi connectivity index (χ1n) is 6.81. The Kier molecular flexibility index (Phi) is 3.40. The van der Waals surface area contributed by atoms with E-state index in [1.165, 1.54) is 12.8 Å². The Morgan fingerprint density at radius 2 is 2.37 bits per heavy atom. The Labute approximate surface area is 111 Å². The van der Waals surface area contributed by atoms with Gasteiger partial charge < -0.3 is 15.5 Å². The largest absolute Gasteiger partial charge is 0.417 e. The zero-order valence-electron chi connectivity index (χ0n) is 10.8. The number of hydrogen-bond donors (Lipinski definition) is 3. The first kappa shape index (κ1) is 12.4. The summed E-state index contributed by atoms with van der Waals surface area (Å²) in [5.41, 5.74) is 8.63. The van der Waals surface area contributed by atoms with Crippen LogP contribution in [0.5, 0.6) is 0 Å². The number of aromatic amines is 1. The highest BCUT2D eigenvalue weighted by Crippen LogP contribution is 2.25. The highest BCUT2D eigenvalue weighted by atomic mass is 16.4. The molecule has 2 unspecified atom stereocenters. The molecule has 0 bridgehead atoms. The van der Waals surface area contributed by atoms with Gasteiger partial charge in [0.1, 0.15) is 0 Å². The summed E-state index contributed by atoms with van der Waals surface area (Å²) in [6.45, 7) is 2.17. The molecule has 4 N–H and O–H groups in total. The molecule has 19 heavy (non-hydrogen) atoms. The molecule has 0 saturated carbocycles. The fourth-order valence-electron chi connectivity index (χ4n) is 2.82. The van der Waals surface area contributed by atoms with E-state index < -0.39 is 5.76 Å². The Morgan fingerprint density at radius 1 is 1.47 bits per heavy atom. The number of nitrogens with two attached hydrogens (primary N) is 1. The lowest BCUT2D eigenvalue weighted by Crippen LogP contribution is -2.31. The highest BCUT2D eigenvalue weighted by molar-refractivity contribution is 5.72. The van der Waals surface area contributed by atoms with Crippen LogP contribution in [0.3, 0.4) is 0 Å². The summed E-state index contributed by atoms with van der Waals surface area (Å²) in [6.07, 6.45) is 3.44. The van der Waals surface area contributed by atoms with Gasteiger partial charge in [0.25, 0.3) is 0 Å². The molecule has 1 fully saturated rings. The number of benzene rings is 1. The third-order valence-electron chi connectivity index (χ3n) is 3.86. The Hall–Kier alpha value is -1.59. The number of rotatable bonds is 3. The van der Waals surface area contributed by atoms with Crippen molar-refractivity contribution >= 4 is 11.1 Å². The van der Waals surface area contributed by atoms with Crippen LogP contribution < -0.4 is 16.8 Å². The smallest absolute Gasteiger partial charge is 0.408 e. The zero-order chi connectivity index (χ0) is 13.2. The van der Waals surface area contributed by atoms with Crippen LogP contribution in [0.4, 0.5) is 0 Å². The van der Waals surface area contributed by atoms with Crippen molar-refractivity contribution in [2.75, 3.05) is 13.1 Å². The van der Waals surface area contributed by atoms with Crippen LogP contribution in [0.1, 0.15) is 30.9 Å². The van der Waals surface area contributed by atoms with Crippen molar-refractivity contribution in [3.05, 3.63) is 34.3 Å². The van der Waals surface area contributed by atoms with Gasteiger partial charge in [-0.15, -0.1) is 0 Å². The van der Waals surface area contributed by atoms with Gasteiger partial charge >= 0.3 is 5.76 Å². The molecule has 2 heterocycles. The van der Waals surface area contributed by atoms with Gasteiger partial charge in [-0.25, -0.2) is 4.79 Å². The van der Waals surface area contributed by atoms with Crippen molar-refractivity contribution in [1.82, 2.24) is 10.3 Å². The van der Waals surface area contributed by atoms with Gasteiger partial charge in [0.05, 0.1) is 5.52 Å². The van der Waals surface area contributed by atoms with Crippen LogP contribution in [-0.2, 0) is 0 Å². The molecular formula is C14H19N3O2. The van der Waals surface area contributed by atoms with Gasteiger partial charge in [0, 0.05) is 6.04 Å². The van der Waals surface area contributed by atoms with E-state index in [0.717, 1.165) is 30.6 Å². The molecule has 1 aliphatic rings. The van der Waals surface area contributed by atoms with Crippen LogP contribution >= 0.6 is 0 Å². The molecule has 0 radical (unpaired) electrons. The summed E-state index contributed by atoms with van der Waals surface area (Å²) in [5.74, 6) is 0.222. The van der Waals surface area contributed by atoms with Crippen LogP contribution in [0.25, 0.3) is 11.1 Å². The van der Waals surface area contributed by atoms with Crippen molar-refractivity contribution in [3.63, 3.8) is 0 Å². The minimum atomic E-state index is -0.419. The minimum Gasteiger partial charge on any atom is -0.408 e. The maximum absolute atomic E-state index is 11.1. The van der Waals surface area contributed by atoms with Gasteiger partial charge in [0.15, 0.2) is 5.58 Å². The Balaban J connectivity index is 1.76. The number of aromatic nitrogens is 1. The standard InChI is InChI=1S/C14H19N3O2/c15-11(6-9-2-1-5-16-8-9)10-3-4-13-12(7-10)17-14(18)19-13/h3-4,7,9,11,16H,1-2,5-6,8,15H2,(H,17,18). The van der Waals surface area contributed by atoms with Crippen molar-refractivity contribution in [3.8, 4) is 0 Å². The van der Waals surface area contributed by atoms with Crippen LogP contribution in [0.15, 0.2) is 27.4 Å². The minimum absolute atomic E-state index is 0.00713. The Bertz CT molecular complexity index is 610. The molecule has 1 aromatic carbocycles. The second kappa shape index (κ2) is 5.19. The van der Waals surface area contributed by atoms with Crippen LogP contribution in [0, 0.1) is 5.92 Å². The van der Waals surface area contributed by atoms with Gasteiger partial charge in [-0.3, -0.25) is 4.98 Å². The SMILES string of the molecule is NC(CC1CCCNC1)c1ccc2oc(=O)[nH]c2c1. The summed E-state index contributed by atoms with van der Waals surface area (Å²) in [4.78, 5) is 13.8. The van der Waals surface area contributed by atoms with E-state index >= 15 is 0 Å². The monoisotopic (exact) mass is 261 g/mol. The number of H-pyrrole nitrogens is 1. The van der Waals surface area contributed by atoms with E-state index in [-0.39, 0.29) is 6.04 Å². The molecule has 1 saturated heterocycles. The number of fused-ring (bicyclic) bond motifs is 1. The maximum atomic E-state index is 11.1. The van der Waals surface area contributed by atoms with E-state index in [2.05, 4.69) is 10.3 Å². The molecular weight excluding hydrogens is 242 g/mol. The second-order valence-electron chi connectivity index (χ2n) is 5.32. The lowest BCUT2D eigenvalue weighted by atomic mass is 9.90. The van der Waals surface area contributed by atoms with E-state index in [1.54, 1.807) is 0 Å². The molecule has 0 amide bonds. The molecule has 0 spiro atoms. The zero-order valence-corrected chi connectivity index (χ0v) is 10.8. The summed E-state index contributed by atoms with van der Waals surface area (Å²) < 4.78 is 4.99. The topological polar surface area (TPSA) is 84.0 Å². The number of piperidine rings is 1. The first-order chi connectivity index (χ1) is 9.22. The lowest BCUT2D eigenvalue weighted by Gasteiger charge is -2.25. The quantitative estimate of drug-likeness (QED) is 0.782. The first-order valence-corrected chi connectivity index (χ1v) is 6.81. The summed E-state index contributed by atoms with van der Waals surface area (Å²) in [5, 5.41) is 3.41. The summed E-state index contributed by atoms with van der Waals surface area (Å²) in [6, 6.07) is 5.68. The second-order valence-corrected chi connectivity index (χ2v) is 5.32. The lowest BCUT2D eigenvalue weighted by molar-refractivity contribution is 0.337. The number of oxazole rings is 1. The fraction of sp³-hybridized carbons (Fsp3) is 0.500. The molecule has 5 heteroatoms. The molecule has 2 aromatic rings.